The van der Waals surface area contributed by atoms with Gasteiger partial charge in [-0.05, 0) is 24.1 Å². The molecule has 25 heavy (non-hydrogen) atoms. The van der Waals surface area contributed by atoms with E-state index in [-0.39, 0.29) is 13.0 Å². The van der Waals surface area contributed by atoms with Crippen molar-refractivity contribution in [2.45, 2.75) is 18.6 Å². The van der Waals surface area contributed by atoms with Crippen LogP contribution in [0.1, 0.15) is 18.9 Å². The van der Waals surface area contributed by atoms with Crippen molar-refractivity contribution in [1.29, 1.82) is 0 Å². The lowest BCUT2D eigenvalue weighted by atomic mass is 10.2. The lowest BCUT2D eigenvalue weighted by molar-refractivity contribution is -0.116. The van der Waals surface area contributed by atoms with E-state index in [1.54, 1.807) is 31.2 Å². The van der Waals surface area contributed by atoms with Crippen molar-refractivity contribution in [3.8, 4) is 0 Å². The highest BCUT2D eigenvalue weighted by Crippen LogP contribution is 2.02. The minimum absolute atomic E-state index is 0.0970. The summed E-state index contributed by atoms with van der Waals surface area (Å²) in [5.74, 6) is -0.456. The minimum Gasteiger partial charge on any atom is -0.351 e. The second-order valence-electron chi connectivity index (χ2n) is 4.72. The summed E-state index contributed by atoms with van der Waals surface area (Å²) in [5, 5.41) is 2.10. The molecule has 3 N–H and O–H groups in total. The number of benzene rings is 1. The second kappa shape index (κ2) is 10.8. The molecule has 1 amide bonds. The number of hydrogen-bond acceptors (Lipinski definition) is 5. The molecule has 0 aliphatic heterocycles. The summed E-state index contributed by atoms with van der Waals surface area (Å²) < 4.78 is 58.9. The fourth-order valence-electron chi connectivity index (χ4n) is 1.48. The van der Waals surface area contributed by atoms with Crippen molar-refractivity contribution in [1.82, 2.24) is 5.32 Å². The number of carbonyl (C=O) groups excluding carboxylic acids is 1. The van der Waals surface area contributed by atoms with Crippen LogP contribution in [0.4, 0.5) is 0 Å². The maximum absolute atomic E-state index is 10.7. The summed E-state index contributed by atoms with van der Waals surface area (Å²) in [6, 6.07) is 8.86. The molecule has 1 aromatic rings. The molecule has 8 nitrogen and oxygen atoms in total. The molecule has 0 saturated carbocycles. The number of amides is 1. The summed E-state index contributed by atoms with van der Waals surface area (Å²) in [6.07, 6.45) is 2.61. The van der Waals surface area contributed by atoms with E-state index in [2.05, 4.69) is 11.9 Å². The van der Waals surface area contributed by atoms with E-state index in [1.165, 1.54) is 6.08 Å². The zero-order chi connectivity index (χ0) is 19.5. The Kier molecular flexibility index (Phi) is 9.91. The number of rotatable bonds is 7. The normalized spacial score (nSPS) is 12.8. The molecule has 1 unspecified atom stereocenters. The standard InChI is InChI=1S/C8H8O3S.C7H13NO4S/c9-12(10,11)7-6-8-4-2-1-3-5-8;1-3-6(13(10,11)12)5-8-7(9)4-2/h1-7H,(H,9,10,11);4,6H,2-3,5H2,1H3,(H,8,9)(H,10,11,12). The smallest absolute Gasteiger partial charge is 0.287 e. The predicted octanol–water partition coefficient (Wildman–Crippen LogP) is 1.50. The highest BCUT2D eigenvalue weighted by atomic mass is 32.2. The largest absolute Gasteiger partial charge is 0.351 e. The van der Waals surface area contributed by atoms with E-state index in [4.69, 9.17) is 9.11 Å². The first kappa shape index (κ1) is 23.0. The lowest BCUT2D eigenvalue weighted by Crippen LogP contribution is -2.35. The van der Waals surface area contributed by atoms with Gasteiger partial charge in [-0.15, -0.1) is 0 Å². The van der Waals surface area contributed by atoms with Gasteiger partial charge in [0.1, 0.15) is 5.25 Å². The first-order chi connectivity index (χ1) is 11.5. The van der Waals surface area contributed by atoms with Crippen LogP contribution >= 0.6 is 0 Å². The van der Waals surface area contributed by atoms with Gasteiger partial charge in [-0.1, -0.05) is 43.8 Å². The maximum atomic E-state index is 10.7. The fraction of sp³-hybridized carbons (Fsp3) is 0.267. The fourth-order valence-corrected chi connectivity index (χ4v) is 2.52. The van der Waals surface area contributed by atoms with Crippen LogP contribution in [0.25, 0.3) is 6.08 Å². The Morgan fingerprint density at radius 1 is 1.20 bits per heavy atom. The highest BCUT2D eigenvalue weighted by Gasteiger charge is 2.20. The Morgan fingerprint density at radius 2 is 1.76 bits per heavy atom. The quantitative estimate of drug-likeness (QED) is 0.473. The third-order valence-corrected chi connectivity index (χ3v) is 4.62. The van der Waals surface area contributed by atoms with Crippen molar-refractivity contribution >= 4 is 32.2 Å². The Labute approximate surface area is 147 Å². The molecule has 0 saturated heterocycles. The van der Waals surface area contributed by atoms with E-state index in [0.29, 0.717) is 0 Å². The number of hydrogen-bond donors (Lipinski definition) is 3. The van der Waals surface area contributed by atoms with Crippen LogP contribution < -0.4 is 5.32 Å². The zero-order valence-corrected chi connectivity index (χ0v) is 15.2. The van der Waals surface area contributed by atoms with Crippen LogP contribution in [0.3, 0.4) is 0 Å². The molecule has 0 radical (unpaired) electrons. The molecule has 1 atom stereocenters. The van der Waals surface area contributed by atoms with Crippen LogP contribution in [0.2, 0.25) is 0 Å². The van der Waals surface area contributed by atoms with Gasteiger partial charge in [0.25, 0.3) is 20.2 Å². The van der Waals surface area contributed by atoms with Gasteiger partial charge in [0, 0.05) is 6.54 Å². The van der Waals surface area contributed by atoms with Crippen molar-refractivity contribution in [3.05, 3.63) is 54.0 Å². The predicted molar refractivity (Wildman–Crippen MR) is 95.9 cm³/mol. The Hall–Kier alpha value is -2.01. The van der Waals surface area contributed by atoms with Crippen LogP contribution in [-0.4, -0.2) is 43.6 Å². The molecule has 0 aliphatic carbocycles. The van der Waals surface area contributed by atoms with E-state index in [9.17, 15) is 21.6 Å². The van der Waals surface area contributed by atoms with Gasteiger partial charge in [-0.3, -0.25) is 13.9 Å². The van der Waals surface area contributed by atoms with Crippen molar-refractivity contribution in [3.63, 3.8) is 0 Å². The Morgan fingerprint density at radius 3 is 2.16 bits per heavy atom. The van der Waals surface area contributed by atoms with Gasteiger partial charge in [0.15, 0.2) is 0 Å². The molecule has 0 aromatic heterocycles. The van der Waals surface area contributed by atoms with Crippen LogP contribution in [0.5, 0.6) is 0 Å². The van der Waals surface area contributed by atoms with Gasteiger partial charge in [0.2, 0.25) is 5.91 Å². The third-order valence-electron chi connectivity index (χ3n) is 2.80. The van der Waals surface area contributed by atoms with Gasteiger partial charge in [-0.2, -0.15) is 16.8 Å². The number of nitrogens with one attached hydrogen (secondary N) is 1. The molecule has 1 aromatic carbocycles. The van der Waals surface area contributed by atoms with Crippen molar-refractivity contribution in [2.75, 3.05) is 6.54 Å². The molecular weight excluding hydrogens is 370 g/mol. The summed E-state index contributed by atoms with van der Waals surface area (Å²) >= 11 is 0. The van der Waals surface area contributed by atoms with Crippen LogP contribution in [0.15, 0.2) is 48.4 Å². The van der Waals surface area contributed by atoms with Crippen molar-refractivity contribution < 1.29 is 30.7 Å². The maximum Gasteiger partial charge on any atom is 0.287 e. The van der Waals surface area contributed by atoms with Gasteiger partial charge < -0.3 is 5.32 Å². The summed E-state index contributed by atoms with van der Waals surface area (Å²) in [7, 11) is -8.07. The van der Waals surface area contributed by atoms with Gasteiger partial charge in [-0.25, -0.2) is 0 Å². The van der Waals surface area contributed by atoms with Crippen LogP contribution in [0, 0.1) is 0 Å². The molecule has 10 heteroatoms. The molecule has 0 fully saturated rings. The Balaban J connectivity index is 0.000000462. The van der Waals surface area contributed by atoms with E-state index in [0.717, 1.165) is 17.0 Å². The van der Waals surface area contributed by atoms with Crippen molar-refractivity contribution in [2.24, 2.45) is 0 Å². The molecule has 0 spiro atoms. The molecule has 140 valence electrons. The van der Waals surface area contributed by atoms with Crippen LogP contribution in [-0.2, 0) is 25.0 Å². The average molecular weight is 391 g/mol. The first-order valence-electron chi connectivity index (χ1n) is 7.06. The zero-order valence-electron chi connectivity index (χ0n) is 13.6. The molecule has 0 bridgehead atoms. The number of carbonyl (C=O) groups is 1. The summed E-state index contributed by atoms with van der Waals surface area (Å²) in [4.78, 5) is 10.7. The minimum atomic E-state index is -4.07. The monoisotopic (exact) mass is 391 g/mol. The Bertz CT molecular complexity index is 784. The SMILES string of the molecule is C=CC(=O)NCC(CC)S(=O)(=O)O.O=S(=O)(O)C=Cc1ccccc1. The van der Waals surface area contributed by atoms with E-state index < -0.39 is 31.4 Å². The van der Waals surface area contributed by atoms with Gasteiger partial charge >= 0.3 is 0 Å². The summed E-state index contributed by atoms with van der Waals surface area (Å²) in [5.41, 5.74) is 0.732. The molecule has 0 heterocycles. The second-order valence-corrected chi connectivity index (χ2v) is 7.72. The lowest BCUT2D eigenvalue weighted by Gasteiger charge is -2.10. The topological polar surface area (TPSA) is 138 Å². The molecular formula is C15H21NO7S2. The molecule has 1 rings (SSSR count). The highest BCUT2D eigenvalue weighted by molar-refractivity contribution is 7.88. The van der Waals surface area contributed by atoms with Gasteiger partial charge in [0.05, 0.1) is 5.41 Å². The third kappa shape index (κ3) is 12.1. The average Bonchev–Trinajstić information content (AvgIpc) is 2.53. The van der Waals surface area contributed by atoms with E-state index in [1.807, 2.05) is 6.07 Å². The first-order valence-corrected chi connectivity index (χ1v) is 10.1. The van der Waals surface area contributed by atoms with E-state index >= 15 is 0 Å². The summed E-state index contributed by atoms with van der Waals surface area (Å²) in [6.45, 7) is 4.72. The molecule has 0 aliphatic rings.